The van der Waals surface area contributed by atoms with E-state index in [1.165, 1.54) is 18.2 Å². The van der Waals surface area contributed by atoms with Gasteiger partial charge in [0.15, 0.2) is 5.82 Å². The summed E-state index contributed by atoms with van der Waals surface area (Å²) in [5.41, 5.74) is 6.60. The van der Waals surface area contributed by atoms with E-state index in [1.54, 1.807) is 31.3 Å². The Kier molecular flexibility index (Phi) is 9.48. The molecule has 252 valence electrons. The van der Waals surface area contributed by atoms with E-state index in [9.17, 15) is 14.4 Å². The lowest BCUT2D eigenvalue weighted by molar-refractivity contribution is -0.127. The summed E-state index contributed by atoms with van der Waals surface area (Å²) in [6.07, 6.45) is 2.72. The predicted octanol–water partition coefficient (Wildman–Crippen LogP) is 4.58. The average molecular weight is 678 g/mol. The highest BCUT2D eigenvalue weighted by atomic mass is 32.1. The Hall–Kier alpha value is -4.42. The first-order valence-corrected chi connectivity index (χ1v) is 16.3. The molecule has 14 heteroatoms. The molecule has 4 atom stereocenters. The fourth-order valence-electron chi connectivity index (χ4n) is 6.97. The van der Waals surface area contributed by atoms with Crippen LogP contribution in [0.15, 0.2) is 36.9 Å². The molecule has 0 radical (unpaired) electrons. The monoisotopic (exact) mass is 677 g/mol. The molecular formula is C34H37F2N7O4S. The number of fused-ring (bicyclic) bond motifs is 2. The number of anilines is 2. The number of nitrogen functional groups attached to an aromatic ring is 1. The molecule has 2 fully saturated rings. The molecule has 4 heterocycles. The molecule has 0 saturated carbocycles. The molecule has 11 nitrogen and oxygen atoms in total. The first-order chi connectivity index (χ1) is 23.1. The van der Waals surface area contributed by atoms with Gasteiger partial charge in [0, 0.05) is 56.7 Å². The summed E-state index contributed by atoms with van der Waals surface area (Å²) in [4.78, 5) is 27.8. The van der Waals surface area contributed by atoms with Crippen molar-refractivity contribution in [2.75, 3.05) is 65.3 Å². The van der Waals surface area contributed by atoms with Gasteiger partial charge in [0.2, 0.25) is 5.91 Å². The number of hydrogen-bond acceptors (Lipinski definition) is 11. The van der Waals surface area contributed by atoms with E-state index < -0.39 is 11.6 Å². The highest BCUT2D eigenvalue weighted by molar-refractivity contribution is 7.23. The number of likely N-dealkylation sites (tertiary alicyclic amines) is 2. The number of aromatic nitrogens is 2. The number of carbonyl (C=O) groups is 1. The van der Waals surface area contributed by atoms with Gasteiger partial charge in [0.25, 0.3) is 0 Å². The Morgan fingerprint density at radius 1 is 1.23 bits per heavy atom. The van der Waals surface area contributed by atoms with Gasteiger partial charge < -0.3 is 29.7 Å². The van der Waals surface area contributed by atoms with E-state index in [2.05, 4.69) is 16.5 Å². The van der Waals surface area contributed by atoms with Gasteiger partial charge in [-0.05, 0) is 43.7 Å². The number of ether oxygens (including phenoxy) is 3. The number of nitriles is 1. The first-order valence-electron chi connectivity index (χ1n) is 15.5. The summed E-state index contributed by atoms with van der Waals surface area (Å²) in [7, 11) is 7.09. The van der Waals surface area contributed by atoms with Crippen LogP contribution in [0.3, 0.4) is 0 Å². The molecule has 2 aromatic carbocycles. The molecule has 4 aromatic rings. The third-order valence-corrected chi connectivity index (χ3v) is 10.5. The molecule has 48 heavy (non-hydrogen) atoms. The van der Waals surface area contributed by atoms with Crippen molar-refractivity contribution in [1.82, 2.24) is 19.8 Å². The number of nitrogens with zero attached hydrogens (tertiary/aromatic N) is 6. The van der Waals surface area contributed by atoms with Crippen LogP contribution in [-0.4, -0.2) is 105 Å². The Morgan fingerprint density at radius 2 is 2.00 bits per heavy atom. The van der Waals surface area contributed by atoms with Crippen LogP contribution in [0, 0.1) is 23.0 Å². The second-order valence-electron chi connectivity index (χ2n) is 12.1. The minimum atomic E-state index is -0.684. The molecule has 0 aliphatic carbocycles. The highest BCUT2D eigenvalue weighted by Gasteiger charge is 2.40. The Balaban J connectivity index is 1.48. The maximum absolute atomic E-state index is 16.9. The molecule has 0 spiro atoms. The number of halogens is 2. The maximum atomic E-state index is 16.9. The van der Waals surface area contributed by atoms with Crippen molar-refractivity contribution in [3.05, 3.63) is 54.1 Å². The Morgan fingerprint density at radius 3 is 2.69 bits per heavy atom. The largest absolute Gasteiger partial charge is 0.462 e. The standard InChI is InChI=1S/C34H37F2N7O4S/c1-6-27(44)43-12-11-25(26(43)17-45-4)42(3)33-22-8-7-21(20-9-10-24(35)31-28(20)23(14-37)32(38)48-31)29(36)30(22)39-34(40-33)47-16-18-13-19(46-5)15-41(18)2/h6-10,18-19,25-26H,1,11-13,15-17,38H2,2-5H3/t18-,19+,25?,26?/m0/s1. The number of hydrogen-bond donors (Lipinski definition) is 1. The first kappa shape index (κ1) is 33.5. The fraction of sp³-hybridized carbons (Fsp3) is 0.412. The van der Waals surface area contributed by atoms with Crippen LogP contribution in [0.1, 0.15) is 18.4 Å². The zero-order valence-electron chi connectivity index (χ0n) is 27.2. The van der Waals surface area contributed by atoms with Crippen molar-refractivity contribution >= 4 is 49.1 Å². The van der Waals surface area contributed by atoms with Crippen LogP contribution in [0.2, 0.25) is 0 Å². The maximum Gasteiger partial charge on any atom is 0.319 e. The van der Waals surface area contributed by atoms with Crippen molar-refractivity contribution in [1.29, 1.82) is 5.26 Å². The number of thiophene rings is 1. The third kappa shape index (κ3) is 5.81. The average Bonchev–Trinajstić information content (AvgIpc) is 3.78. The van der Waals surface area contributed by atoms with Crippen LogP contribution >= 0.6 is 11.3 Å². The molecule has 2 unspecified atom stereocenters. The third-order valence-electron chi connectivity index (χ3n) is 9.51. The summed E-state index contributed by atoms with van der Waals surface area (Å²) in [5.74, 6) is -1.02. The van der Waals surface area contributed by atoms with E-state index in [0.717, 1.165) is 24.3 Å². The van der Waals surface area contributed by atoms with Crippen LogP contribution < -0.4 is 15.4 Å². The van der Waals surface area contributed by atoms with Crippen molar-refractivity contribution < 1.29 is 27.8 Å². The molecular weight excluding hydrogens is 640 g/mol. The van der Waals surface area contributed by atoms with Gasteiger partial charge in [-0.3, -0.25) is 9.69 Å². The minimum absolute atomic E-state index is 0.00612. The molecule has 6 rings (SSSR count). The number of methoxy groups -OCH3 is 2. The quantitative estimate of drug-likeness (QED) is 0.238. The lowest BCUT2D eigenvalue weighted by atomic mass is 9.97. The van der Waals surface area contributed by atoms with Gasteiger partial charge in [-0.2, -0.15) is 15.2 Å². The van der Waals surface area contributed by atoms with Gasteiger partial charge in [-0.25, -0.2) is 8.78 Å². The second-order valence-corrected chi connectivity index (χ2v) is 13.2. The molecule has 2 N–H and O–H groups in total. The molecule has 2 aliphatic heterocycles. The summed E-state index contributed by atoms with van der Waals surface area (Å²) in [6.45, 7) is 5.41. The van der Waals surface area contributed by atoms with Gasteiger partial charge >= 0.3 is 6.01 Å². The van der Waals surface area contributed by atoms with Crippen LogP contribution in [-0.2, 0) is 14.3 Å². The highest BCUT2D eigenvalue weighted by Crippen LogP contribution is 2.43. The van der Waals surface area contributed by atoms with Crippen LogP contribution in [0.4, 0.5) is 19.6 Å². The van der Waals surface area contributed by atoms with E-state index >= 15 is 4.39 Å². The number of carbonyl (C=O) groups excluding carboxylic acids is 1. The van der Waals surface area contributed by atoms with Gasteiger partial charge in [-0.15, -0.1) is 11.3 Å². The summed E-state index contributed by atoms with van der Waals surface area (Å²) in [6, 6.07) is 7.49. The minimum Gasteiger partial charge on any atom is -0.462 e. The molecule has 2 aromatic heterocycles. The number of rotatable bonds is 10. The van der Waals surface area contributed by atoms with Crippen molar-refractivity contribution in [2.45, 2.75) is 37.1 Å². The summed E-state index contributed by atoms with van der Waals surface area (Å²) in [5, 5.41) is 10.7. The fourth-order valence-corrected chi connectivity index (χ4v) is 7.92. The molecule has 2 saturated heterocycles. The van der Waals surface area contributed by atoms with Crippen LogP contribution in [0.25, 0.3) is 32.1 Å². The van der Waals surface area contributed by atoms with Crippen molar-refractivity contribution in [2.24, 2.45) is 0 Å². The molecule has 1 amide bonds. The van der Waals surface area contributed by atoms with E-state index in [1.807, 2.05) is 25.1 Å². The topological polar surface area (TPSA) is 130 Å². The van der Waals surface area contributed by atoms with E-state index in [-0.39, 0.29) is 81.1 Å². The lowest BCUT2D eigenvalue weighted by Gasteiger charge is -2.33. The number of amides is 1. The van der Waals surface area contributed by atoms with E-state index in [0.29, 0.717) is 29.7 Å². The lowest BCUT2D eigenvalue weighted by Crippen LogP contribution is -2.48. The molecule has 0 bridgehead atoms. The van der Waals surface area contributed by atoms with E-state index in [4.69, 9.17) is 24.9 Å². The van der Waals surface area contributed by atoms with Crippen LogP contribution in [0.5, 0.6) is 6.01 Å². The second kappa shape index (κ2) is 13.6. The smallest absolute Gasteiger partial charge is 0.319 e. The predicted molar refractivity (Wildman–Crippen MR) is 181 cm³/mol. The van der Waals surface area contributed by atoms with Crippen molar-refractivity contribution in [3.8, 4) is 23.2 Å². The number of nitrogens with two attached hydrogens (primary N) is 1. The zero-order valence-corrected chi connectivity index (χ0v) is 28.0. The number of likely N-dealkylation sites (N-methyl/N-ethyl adjacent to an activating group) is 2. The Bertz CT molecular complexity index is 1930. The molecule has 2 aliphatic rings. The summed E-state index contributed by atoms with van der Waals surface area (Å²) >= 11 is 0.948. The zero-order chi connectivity index (χ0) is 34.3. The SMILES string of the molecule is C=CC(=O)N1CCC(N(C)c2nc(OC[C@@H]3C[C@@H](OC)CN3C)nc3c(F)c(-c4ccc(F)c5sc(N)c(C#N)c45)ccc23)C1COC. The summed E-state index contributed by atoms with van der Waals surface area (Å²) < 4.78 is 49.1. The number of benzene rings is 2. The van der Waals surface area contributed by atoms with Gasteiger partial charge in [-0.1, -0.05) is 18.7 Å². The van der Waals surface area contributed by atoms with Gasteiger partial charge in [0.05, 0.1) is 35.1 Å². The van der Waals surface area contributed by atoms with Gasteiger partial charge in [0.1, 0.15) is 34.8 Å². The van der Waals surface area contributed by atoms with Crippen molar-refractivity contribution in [3.63, 3.8) is 0 Å². The normalized spacial score (nSPS) is 21.2. The Labute approximate surface area is 281 Å².